The van der Waals surface area contributed by atoms with Crippen molar-refractivity contribution >= 4 is 11.8 Å². The lowest BCUT2D eigenvalue weighted by molar-refractivity contribution is -0.162. The molecule has 2 aromatic carbocycles. The monoisotopic (exact) mass is 484 g/mol. The van der Waals surface area contributed by atoms with Crippen LogP contribution >= 0.6 is 0 Å². The number of rotatable bonds is 5. The number of ether oxygens (including phenoxy) is 1. The molecule has 4 nitrogen and oxygen atoms in total. The van der Waals surface area contributed by atoms with E-state index in [0.717, 1.165) is 24.8 Å². The van der Waals surface area contributed by atoms with Gasteiger partial charge in [0.25, 0.3) is 0 Å². The number of fused-ring (bicyclic) bond motifs is 1. The van der Waals surface area contributed by atoms with Crippen LogP contribution in [0.4, 0.5) is 0 Å². The molecule has 0 bridgehead atoms. The van der Waals surface area contributed by atoms with Crippen LogP contribution in [0.2, 0.25) is 0 Å². The topological polar surface area (TPSA) is 56.5 Å². The molecule has 1 fully saturated rings. The van der Waals surface area contributed by atoms with E-state index in [4.69, 9.17) is 9.15 Å². The summed E-state index contributed by atoms with van der Waals surface area (Å²) in [6, 6.07) is 21.7. The Morgan fingerprint density at radius 1 is 1.00 bits per heavy atom. The molecule has 2 aliphatic carbocycles. The van der Waals surface area contributed by atoms with Gasteiger partial charge in [0.15, 0.2) is 11.2 Å². The molecular weight excluding hydrogens is 448 g/mol. The van der Waals surface area contributed by atoms with Crippen molar-refractivity contribution < 1.29 is 18.7 Å². The largest absolute Gasteiger partial charge is 0.465 e. The van der Waals surface area contributed by atoms with Crippen LogP contribution in [0.15, 0.2) is 71.1 Å². The normalized spacial score (nSPS) is 26.3. The van der Waals surface area contributed by atoms with Gasteiger partial charge in [0.05, 0.1) is 0 Å². The van der Waals surface area contributed by atoms with E-state index in [9.17, 15) is 9.59 Å². The van der Waals surface area contributed by atoms with Crippen LogP contribution in [0.5, 0.6) is 0 Å². The molecule has 0 amide bonds. The van der Waals surface area contributed by atoms with E-state index < -0.39 is 11.4 Å². The van der Waals surface area contributed by atoms with Gasteiger partial charge in [-0.2, -0.15) is 0 Å². The Kier molecular flexibility index (Phi) is 6.40. The molecular formula is C32H36O4. The minimum atomic E-state index is -1.45. The number of hydrogen-bond donors (Lipinski definition) is 0. The zero-order valence-corrected chi connectivity index (χ0v) is 21.8. The van der Waals surface area contributed by atoms with E-state index in [-0.39, 0.29) is 23.2 Å². The van der Waals surface area contributed by atoms with Gasteiger partial charge in [-0.15, -0.1) is 0 Å². The van der Waals surface area contributed by atoms with Gasteiger partial charge in [-0.1, -0.05) is 81.8 Å². The molecule has 0 saturated heterocycles. The first-order valence-electron chi connectivity index (χ1n) is 13.2. The molecule has 0 spiro atoms. The maximum atomic E-state index is 14.2. The molecule has 5 rings (SSSR count). The minimum Gasteiger partial charge on any atom is -0.465 e. The lowest BCUT2D eigenvalue weighted by Crippen LogP contribution is -2.51. The van der Waals surface area contributed by atoms with E-state index in [2.05, 4.69) is 45.0 Å². The third-order valence-electron chi connectivity index (χ3n) is 8.69. The van der Waals surface area contributed by atoms with Crippen molar-refractivity contribution in [3.63, 3.8) is 0 Å². The van der Waals surface area contributed by atoms with Crippen LogP contribution in [-0.4, -0.2) is 17.9 Å². The second-order valence-corrected chi connectivity index (χ2v) is 11.4. The van der Waals surface area contributed by atoms with Gasteiger partial charge in [0, 0.05) is 11.5 Å². The first-order chi connectivity index (χ1) is 17.2. The van der Waals surface area contributed by atoms with Crippen molar-refractivity contribution in [3.05, 3.63) is 94.9 Å². The van der Waals surface area contributed by atoms with Crippen LogP contribution in [0, 0.1) is 18.8 Å². The number of furan rings is 1. The SMILES string of the molecule is Cc1ccc(C2(C(=O)O[C@@H]3C[C@H](C)CC[C@H]3C(C)(C)c3ccccc3)CCc3ccccc3C2=O)o1. The average molecular weight is 485 g/mol. The molecule has 3 aromatic rings. The van der Waals surface area contributed by atoms with Gasteiger partial charge >= 0.3 is 5.97 Å². The maximum absolute atomic E-state index is 14.2. The van der Waals surface area contributed by atoms with Gasteiger partial charge in [-0.25, -0.2) is 0 Å². The molecule has 4 atom stereocenters. The second kappa shape index (κ2) is 9.38. The highest BCUT2D eigenvalue weighted by Gasteiger charge is 2.55. The van der Waals surface area contributed by atoms with Crippen molar-refractivity contribution in [1.29, 1.82) is 0 Å². The lowest BCUT2D eigenvalue weighted by atomic mass is 9.64. The Balaban J connectivity index is 1.52. The number of esters is 1. The molecule has 1 heterocycles. The van der Waals surface area contributed by atoms with Gasteiger partial charge in [-0.05, 0) is 67.2 Å². The number of benzene rings is 2. The Labute approximate surface area is 214 Å². The molecule has 4 heteroatoms. The molecule has 0 aliphatic heterocycles. The molecule has 0 N–H and O–H groups in total. The first-order valence-corrected chi connectivity index (χ1v) is 13.2. The zero-order valence-electron chi connectivity index (χ0n) is 21.8. The standard InChI is InChI=1S/C32H36O4/c1-21-14-16-26(31(3,4)24-11-6-5-7-12-24)27(20-21)36-30(34)32(28-17-15-22(2)35-28)19-18-23-10-8-9-13-25(23)29(32)33/h5-13,15,17,21,26-27H,14,16,18-20H2,1-4H3/t21-,26-,27-,32?/m1/s1. The number of Topliss-reactive ketones (excluding diaryl/α,β-unsaturated/α-hetero) is 1. The summed E-state index contributed by atoms with van der Waals surface area (Å²) in [6.07, 6.45) is 3.58. The molecule has 2 aliphatic rings. The van der Waals surface area contributed by atoms with Crippen molar-refractivity contribution in [3.8, 4) is 0 Å². The predicted octanol–water partition coefficient (Wildman–Crippen LogP) is 6.98. The molecule has 188 valence electrons. The summed E-state index contributed by atoms with van der Waals surface area (Å²) < 4.78 is 12.4. The Bertz CT molecular complexity index is 1250. The summed E-state index contributed by atoms with van der Waals surface area (Å²) in [4.78, 5) is 28.3. The van der Waals surface area contributed by atoms with Gasteiger partial charge in [0.1, 0.15) is 17.6 Å². The average Bonchev–Trinajstić information content (AvgIpc) is 3.31. The van der Waals surface area contributed by atoms with E-state index >= 15 is 0 Å². The van der Waals surface area contributed by atoms with Crippen LogP contribution in [-0.2, 0) is 26.8 Å². The molecule has 0 radical (unpaired) electrons. The van der Waals surface area contributed by atoms with Crippen LogP contribution in [0.25, 0.3) is 0 Å². The van der Waals surface area contributed by atoms with E-state index in [1.165, 1.54) is 5.56 Å². The van der Waals surface area contributed by atoms with E-state index in [1.807, 2.05) is 43.3 Å². The van der Waals surface area contributed by atoms with Crippen molar-refractivity contribution in [2.24, 2.45) is 11.8 Å². The summed E-state index contributed by atoms with van der Waals surface area (Å²) in [5, 5.41) is 0. The highest BCUT2D eigenvalue weighted by Crippen LogP contribution is 2.46. The number of aryl methyl sites for hydroxylation is 2. The highest BCUT2D eigenvalue weighted by atomic mass is 16.5. The van der Waals surface area contributed by atoms with Gasteiger partial charge in [-0.3, -0.25) is 9.59 Å². The highest BCUT2D eigenvalue weighted by molar-refractivity contribution is 6.18. The van der Waals surface area contributed by atoms with Crippen LogP contribution in [0.1, 0.15) is 79.5 Å². The van der Waals surface area contributed by atoms with Gasteiger partial charge < -0.3 is 9.15 Å². The van der Waals surface area contributed by atoms with Gasteiger partial charge in [0.2, 0.25) is 0 Å². The lowest BCUT2D eigenvalue weighted by Gasteiger charge is -2.45. The van der Waals surface area contributed by atoms with Crippen molar-refractivity contribution in [2.75, 3.05) is 0 Å². The Morgan fingerprint density at radius 3 is 2.44 bits per heavy atom. The zero-order chi connectivity index (χ0) is 25.5. The fraction of sp³-hybridized carbons (Fsp3) is 0.438. The fourth-order valence-corrected chi connectivity index (χ4v) is 6.42. The number of hydrogen-bond acceptors (Lipinski definition) is 4. The summed E-state index contributed by atoms with van der Waals surface area (Å²) in [6.45, 7) is 8.56. The summed E-state index contributed by atoms with van der Waals surface area (Å²) >= 11 is 0. The quantitative estimate of drug-likeness (QED) is 0.290. The van der Waals surface area contributed by atoms with Crippen LogP contribution in [0.3, 0.4) is 0 Å². The van der Waals surface area contributed by atoms with E-state index in [1.54, 1.807) is 6.07 Å². The summed E-state index contributed by atoms with van der Waals surface area (Å²) in [5.74, 6) is 0.998. The maximum Gasteiger partial charge on any atom is 0.328 e. The number of carbonyl (C=O) groups is 2. The number of carbonyl (C=O) groups excluding carboxylic acids is 2. The second-order valence-electron chi connectivity index (χ2n) is 11.4. The van der Waals surface area contributed by atoms with Crippen LogP contribution < -0.4 is 0 Å². The third-order valence-corrected chi connectivity index (χ3v) is 8.69. The number of ketones is 1. The Hall–Kier alpha value is -3.14. The first kappa shape index (κ1) is 24.5. The molecule has 36 heavy (non-hydrogen) atoms. The third kappa shape index (κ3) is 4.11. The fourth-order valence-electron chi connectivity index (χ4n) is 6.42. The van der Waals surface area contributed by atoms with E-state index in [0.29, 0.717) is 35.8 Å². The predicted molar refractivity (Wildman–Crippen MR) is 140 cm³/mol. The van der Waals surface area contributed by atoms with Crippen molar-refractivity contribution in [1.82, 2.24) is 0 Å². The molecule has 1 saturated carbocycles. The molecule has 1 unspecified atom stereocenters. The minimum absolute atomic E-state index is 0.154. The summed E-state index contributed by atoms with van der Waals surface area (Å²) in [5.41, 5.74) is 1.18. The summed E-state index contributed by atoms with van der Waals surface area (Å²) in [7, 11) is 0. The Morgan fingerprint density at radius 2 is 1.72 bits per heavy atom. The van der Waals surface area contributed by atoms with Crippen molar-refractivity contribution in [2.45, 2.75) is 76.7 Å². The smallest absolute Gasteiger partial charge is 0.328 e. The molecule has 1 aromatic heterocycles.